The first-order valence-electron chi connectivity index (χ1n) is 6.51. The standard InChI is InChI=1S/C17H13N3O/c1-11-8-17(14-9-13(19)6-7-15(14)20-11)21-16-5-3-2-4-12(16)10-18/h2-9H,19H2,1H3. The van der Waals surface area contributed by atoms with Crippen LogP contribution in [0.4, 0.5) is 5.69 Å². The number of nitriles is 1. The fourth-order valence-electron chi connectivity index (χ4n) is 2.19. The zero-order chi connectivity index (χ0) is 14.8. The summed E-state index contributed by atoms with van der Waals surface area (Å²) in [7, 11) is 0. The van der Waals surface area contributed by atoms with Crippen LogP contribution in [-0.4, -0.2) is 4.98 Å². The van der Waals surface area contributed by atoms with E-state index in [0.717, 1.165) is 16.6 Å². The van der Waals surface area contributed by atoms with E-state index in [1.807, 2.05) is 37.3 Å². The molecule has 21 heavy (non-hydrogen) atoms. The second-order valence-electron chi connectivity index (χ2n) is 4.75. The van der Waals surface area contributed by atoms with E-state index in [0.29, 0.717) is 22.7 Å². The molecule has 0 unspecified atom stereocenters. The van der Waals surface area contributed by atoms with Gasteiger partial charge < -0.3 is 10.5 Å². The van der Waals surface area contributed by atoms with Gasteiger partial charge in [-0.1, -0.05) is 12.1 Å². The van der Waals surface area contributed by atoms with Gasteiger partial charge in [-0.15, -0.1) is 0 Å². The topological polar surface area (TPSA) is 71.9 Å². The van der Waals surface area contributed by atoms with Crippen molar-refractivity contribution in [3.8, 4) is 17.6 Å². The molecule has 0 saturated carbocycles. The summed E-state index contributed by atoms with van der Waals surface area (Å²) in [6, 6.07) is 16.6. The van der Waals surface area contributed by atoms with Crippen LogP contribution < -0.4 is 10.5 Å². The van der Waals surface area contributed by atoms with Crippen LogP contribution in [0.5, 0.6) is 11.5 Å². The zero-order valence-corrected chi connectivity index (χ0v) is 11.5. The van der Waals surface area contributed by atoms with Crippen LogP contribution in [0, 0.1) is 18.3 Å². The van der Waals surface area contributed by atoms with Crippen molar-refractivity contribution in [2.45, 2.75) is 6.92 Å². The van der Waals surface area contributed by atoms with E-state index >= 15 is 0 Å². The van der Waals surface area contributed by atoms with Crippen molar-refractivity contribution < 1.29 is 4.74 Å². The minimum atomic E-state index is 0.490. The van der Waals surface area contributed by atoms with Crippen molar-refractivity contribution >= 4 is 16.6 Å². The maximum atomic E-state index is 9.15. The highest BCUT2D eigenvalue weighted by molar-refractivity contribution is 5.88. The molecule has 0 bridgehead atoms. The van der Waals surface area contributed by atoms with Gasteiger partial charge in [-0.2, -0.15) is 5.26 Å². The predicted molar refractivity (Wildman–Crippen MR) is 82.1 cm³/mol. The number of benzene rings is 2. The monoisotopic (exact) mass is 275 g/mol. The SMILES string of the molecule is Cc1cc(Oc2ccccc2C#N)c2cc(N)ccc2n1. The molecule has 0 fully saturated rings. The first kappa shape index (κ1) is 12.9. The van der Waals surface area contributed by atoms with Gasteiger partial charge in [-0.25, -0.2) is 0 Å². The average Bonchev–Trinajstić information content (AvgIpc) is 2.48. The molecular weight excluding hydrogens is 262 g/mol. The van der Waals surface area contributed by atoms with Gasteiger partial charge in [0.1, 0.15) is 17.6 Å². The van der Waals surface area contributed by atoms with Crippen LogP contribution in [0.3, 0.4) is 0 Å². The summed E-state index contributed by atoms with van der Waals surface area (Å²) in [5.74, 6) is 1.17. The molecule has 0 aliphatic heterocycles. The van der Waals surface area contributed by atoms with Crippen molar-refractivity contribution in [3.63, 3.8) is 0 Å². The van der Waals surface area contributed by atoms with Crippen LogP contribution in [0.1, 0.15) is 11.3 Å². The molecule has 0 spiro atoms. The molecule has 2 N–H and O–H groups in total. The third-order valence-corrected chi connectivity index (χ3v) is 3.15. The molecule has 0 aliphatic carbocycles. The van der Waals surface area contributed by atoms with Crippen LogP contribution >= 0.6 is 0 Å². The van der Waals surface area contributed by atoms with E-state index in [2.05, 4.69) is 11.1 Å². The highest BCUT2D eigenvalue weighted by atomic mass is 16.5. The lowest BCUT2D eigenvalue weighted by Crippen LogP contribution is -1.93. The molecule has 0 saturated heterocycles. The molecule has 102 valence electrons. The number of ether oxygens (including phenoxy) is 1. The molecule has 3 rings (SSSR count). The van der Waals surface area contributed by atoms with Crippen LogP contribution in [0.25, 0.3) is 10.9 Å². The number of hydrogen-bond acceptors (Lipinski definition) is 4. The molecule has 1 heterocycles. The number of nitrogens with zero attached hydrogens (tertiary/aromatic N) is 2. The van der Waals surface area contributed by atoms with E-state index in [-0.39, 0.29) is 0 Å². The van der Waals surface area contributed by atoms with E-state index < -0.39 is 0 Å². The number of nitrogens with two attached hydrogens (primary N) is 1. The summed E-state index contributed by atoms with van der Waals surface area (Å²) in [4.78, 5) is 4.46. The smallest absolute Gasteiger partial charge is 0.145 e. The second-order valence-corrected chi connectivity index (χ2v) is 4.75. The normalized spacial score (nSPS) is 10.3. The second kappa shape index (κ2) is 5.14. The van der Waals surface area contributed by atoms with E-state index in [1.54, 1.807) is 18.2 Å². The molecule has 4 nitrogen and oxygen atoms in total. The Kier molecular flexibility index (Phi) is 3.17. The maximum Gasteiger partial charge on any atom is 0.145 e. The summed E-state index contributed by atoms with van der Waals surface area (Å²) in [6.45, 7) is 1.90. The number of fused-ring (bicyclic) bond motifs is 1. The fraction of sp³-hybridized carbons (Fsp3) is 0.0588. The minimum Gasteiger partial charge on any atom is -0.455 e. The van der Waals surface area contributed by atoms with Gasteiger partial charge in [0, 0.05) is 22.8 Å². The molecule has 4 heteroatoms. The Morgan fingerprint density at radius 2 is 1.90 bits per heavy atom. The van der Waals surface area contributed by atoms with Crippen LogP contribution in [-0.2, 0) is 0 Å². The Morgan fingerprint density at radius 1 is 1.10 bits per heavy atom. The molecule has 3 aromatic rings. The quantitative estimate of drug-likeness (QED) is 0.722. The molecule has 0 aliphatic rings. The number of pyridine rings is 1. The molecule has 2 aromatic carbocycles. The molecule has 0 amide bonds. The summed E-state index contributed by atoms with van der Waals surface area (Å²) < 4.78 is 5.93. The minimum absolute atomic E-state index is 0.490. The third kappa shape index (κ3) is 2.49. The lowest BCUT2D eigenvalue weighted by atomic mass is 10.1. The Labute approximate surface area is 122 Å². The Balaban J connectivity index is 2.16. The molecule has 1 aromatic heterocycles. The number of hydrogen-bond donors (Lipinski definition) is 1. The van der Waals surface area contributed by atoms with Gasteiger partial charge in [0.2, 0.25) is 0 Å². The number of para-hydroxylation sites is 1. The number of aryl methyl sites for hydroxylation is 1. The van der Waals surface area contributed by atoms with Gasteiger partial charge >= 0.3 is 0 Å². The van der Waals surface area contributed by atoms with Crippen molar-refractivity contribution in [2.75, 3.05) is 5.73 Å². The van der Waals surface area contributed by atoms with Gasteiger partial charge in [-0.05, 0) is 37.3 Å². The Bertz CT molecular complexity index is 866. The Morgan fingerprint density at radius 3 is 2.71 bits per heavy atom. The fourth-order valence-corrected chi connectivity index (χ4v) is 2.19. The number of rotatable bonds is 2. The summed E-state index contributed by atoms with van der Waals surface area (Å²) in [5.41, 5.74) is 8.64. The van der Waals surface area contributed by atoms with Crippen LogP contribution in [0.15, 0.2) is 48.5 Å². The zero-order valence-electron chi connectivity index (χ0n) is 11.5. The predicted octanol–water partition coefficient (Wildman–Crippen LogP) is 3.79. The van der Waals surface area contributed by atoms with E-state index in [1.165, 1.54) is 0 Å². The van der Waals surface area contributed by atoms with E-state index in [9.17, 15) is 0 Å². The lowest BCUT2D eigenvalue weighted by Gasteiger charge is -2.11. The van der Waals surface area contributed by atoms with Crippen molar-refractivity contribution in [3.05, 3.63) is 59.8 Å². The van der Waals surface area contributed by atoms with Gasteiger partial charge in [0.15, 0.2) is 0 Å². The summed E-state index contributed by atoms with van der Waals surface area (Å²) >= 11 is 0. The first-order chi connectivity index (χ1) is 10.2. The molecular formula is C17H13N3O. The third-order valence-electron chi connectivity index (χ3n) is 3.15. The van der Waals surface area contributed by atoms with E-state index in [4.69, 9.17) is 15.7 Å². The summed E-state index contributed by atoms with van der Waals surface area (Å²) in [6.07, 6.45) is 0. The number of nitrogen functional groups attached to an aromatic ring is 1. The van der Waals surface area contributed by atoms with Crippen LogP contribution in [0.2, 0.25) is 0 Å². The largest absolute Gasteiger partial charge is 0.455 e. The first-order valence-corrected chi connectivity index (χ1v) is 6.51. The maximum absolute atomic E-state index is 9.15. The van der Waals surface area contributed by atoms with Crippen molar-refractivity contribution in [1.29, 1.82) is 5.26 Å². The molecule has 0 radical (unpaired) electrons. The highest BCUT2D eigenvalue weighted by Crippen LogP contribution is 2.32. The van der Waals surface area contributed by atoms with Gasteiger partial charge in [-0.3, -0.25) is 4.98 Å². The number of anilines is 1. The lowest BCUT2D eigenvalue weighted by molar-refractivity contribution is 0.486. The Hall–Kier alpha value is -3.06. The summed E-state index contributed by atoms with van der Waals surface area (Å²) in [5, 5.41) is 9.97. The number of aromatic nitrogens is 1. The van der Waals surface area contributed by atoms with Crippen molar-refractivity contribution in [2.24, 2.45) is 0 Å². The highest BCUT2D eigenvalue weighted by Gasteiger charge is 2.09. The van der Waals surface area contributed by atoms with Gasteiger partial charge in [0.25, 0.3) is 0 Å². The van der Waals surface area contributed by atoms with Crippen molar-refractivity contribution in [1.82, 2.24) is 4.98 Å². The average molecular weight is 275 g/mol. The molecule has 0 atom stereocenters. The van der Waals surface area contributed by atoms with Gasteiger partial charge in [0.05, 0.1) is 11.1 Å².